The van der Waals surface area contributed by atoms with Crippen LogP contribution < -0.4 is 5.73 Å². The van der Waals surface area contributed by atoms with E-state index in [9.17, 15) is 5.11 Å². The third-order valence-corrected chi connectivity index (χ3v) is 3.69. The molecule has 1 aliphatic carbocycles. The van der Waals surface area contributed by atoms with Crippen molar-refractivity contribution in [2.75, 3.05) is 0 Å². The fourth-order valence-corrected chi connectivity index (χ4v) is 2.61. The lowest BCUT2D eigenvalue weighted by atomic mass is 9.79. The standard InChI is InChI=1S/C9H15N3OS/c1-5(13)9-12-11-8(14-9)4-6-2-7(10)3-6/h5-7,13H,2-4,10H2,1H3/t5-,6?,7?/m0/s1. The van der Waals surface area contributed by atoms with E-state index >= 15 is 0 Å². The van der Waals surface area contributed by atoms with Crippen molar-refractivity contribution in [3.8, 4) is 0 Å². The Labute approximate surface area is 87.2 Å². The lowest BCUT2D eigenvalue weighted by Crippen LogP contribution is -2.37. The van der Waals surface area contributed by atoms with Crippen LogP contribution in [0.3, 0.4) is 0 Å². The molecule has 0 spiro atoms. The summed E-state index contributed by atoms with van der Waals surface area (Å²) in [4.78, 5) is 0. The van der Waals surface area contributed by atoms with Gasteiger partial charge in [-0.15, -0.1) is 10.2 Å². The summed E-state index contributed by atoms with van der Waals surface area (Å²) in [5.41, 5.74) is 5.70. The number of aromatic nitrogens is 2. The maximum atomic E-state index is 9.27. The number of rotatable bonds is 3. The molecule has 0 bridgehead atoms. The van der Waals surface area contributed by atoms with Gasteiger partial charge in [-0.05, 0) is 25.7 Å². The highest BCUT2D eigenvalue weighted by Crippen LogP contribution is 2.30. The van der Waals surface area contributed by atoms with Gasteiger partial charge >= 0.3 is 0 Å². The fraction of sp³-hybridized carbons (Fsp3) is 0.778. The summed E-state index contributed by atoms with van der Waals surface area (Å²) >= 11 is 1.51. The maximum Gasteiger partial charge on any atom is 0.145 e. The van der Waals surface area contributed by atoms with Crippen molar-refractivity contribution < 1.29 is 5.11 Å². The highest BCUT2D eigenvalue weighted by atomic mass is 32.1. The zero-order valence-electron chi connectivity index (χ0n) is 8.18. The molecule has 0 unspecified atom stereocenters. The largest absolute Gasteiger partial charge is 0.386 e. The van der Waals surface area contributed by atoms with Crippen LogP contribution in [-0.4, -0.2) is 21.3 Å². The van der Waals surface area contributed by atoms with Gasteiger partial charge in [-0.3, -0.25) is 0 Å². The van der Waals surface area contributed by atoms with Gasteiger partial charge in [0.05, 0.1) is 0 Å². The summed E-state index contributed by atoms with van der Waals surface area (Å²) in [5.74, 6) is 0.680. The molecule has 4 nitrogen and oxygen atoms in total. The van der Waals surface area contributed by atoms with Crippen LogP contribution in [0.1, 0.15) is 35.9 Å². The molecule has 5 heteroatoms. The van der Waals surface area contributed by atoms with E-state index in [0.29, 0.717) is 17.0 Å². The Balaban J connectivity index is 1.90. The molecule has 14 heavy (non-hydrogen) atoms. The van der Waals surface area contributed by atoms with Crippen LogP contribution in [0.15, 0.2) is 0 Å². The van der Waals surface area contributed by atoms with Crippen LogP contribution in [0.5, 0.6) is 0 Å². The summed E-state index contributed by atoms with van der Waals surface area (Å²) in [5, 5.41) is 19.0. The summed E-state index contributed by atoms with van der Waals surface area (Å²) in [6.07, 6.45) is 2.68. The first-order valence-electron chi connectivity index (χ1n) is 4.91. The highest BCUT2D eigenvalue weighted by molar-refractivity contribution is 7.11. The highest BCUT2D eigenvalue weighted by Gasteiger charge is 2.27. The summed E-state index contributed by atoms with van der Waals surface area (Å²) in [6.45, 7) is 1.71. The molecular weight excluding hydrogens is 198 g/mol. The molecule has 0 aromatic carbocycles. The Bertz CT molecular complexity index is 307. The third-order valence-electron chi connectivity index (χ3n) is 2.58. The number of aliphatic hydroxyl groups is 1. The van der Waals surface area contributed by atoms with E-state index in [1.165, 1.54) is 11.3 Å². The van der Waals surface area contributed by atoms with E-state index in [2.05, 4.69) is 10.2 Å². The van der Waals surface area contributed by atoms with Crippen molar-refractivity contribution in [2.45, 2.75) is 38.3 Å². The van der Waals surface area contributed by atoms with Crippen LogP contribution in [0, 0.1) is 5.92 Å². The summed E-state index contributed by atoms with van der Waals surface area (Å²) < 4.78 is 0. The second-order valence-electron chi connectivity index (χ2n) is 4.01. The van der Waals surface area contributed by atoms with Gasteiger partial charge in [0.25, 0.3) is 0 Å². The molecule has 1 atom stereocenters. The predicted molar refractivity (Wildman–Crippen MR) is 54.9 cm³/mol. The normalized spacial score (nSPS) is 28.5. The molecule has 0 radical (unpaired) electrons. The monoisotopic (exact) mass is 213 g/mol. The van der Waals surface area contributed by atoms with E-state index in [-0.39, 0.29) is 0 Å². The van der Waals surface area contributed by atoms with Crippen molar-refractivity contribution >= 4 is 11.3 Å². The lowest BCUT2D eigenvalue weighted by molar-refractivity contribution is 0.198. The Morgan fingerprint density at radius 1 is 1.57 bits per heavy atom. The van der Waals surface area contributed by atoms with Gasteiger partial charge < -0.3 is 10.8 Å². The molecule has 1 aromatic heterocycles. The molecule has 1 fully saturated rings. The first kappa shape index (κ1) is 10.0. The van der Waals surface area contributed by atoms with Crippen molar-refractivity contribution in [1.29, 1.82) is 0 Å². The van der Waals surface area contributed by atoms with Gasteiger partial charge in [0.2, 0.25) is 0 Å². The van der Waals surface area contributed by atoms with E-state index in [0.717, 1.165) is 24.3 Å². The Morgan fingerprint density at radius 2 is 2.29 bits per heavy atom. The number of hydrogen-bond acceptors (Lipinski definition) is 5. The van der Waals surface area contributed by atoms with Crippen LogP contribution in [0.25, 0.3) is 0 Å². The zero-order chi connectivity index (χ0) is 10.1. The minimum Gasteiger partial charge on any atom is -0.386 e. The van der Waals surface area contributed by atoms with E-state index < -0.39 is 6.10 Å². The molecule has 1 heterocycles. The van der Waals surface area contributed by atoms with Gasteiger partial charge in [-0.2, -0.15) is 0 Å². The van der Waals surface area contributed by atoms with Crippen molar-refractivity contribution in [2.24, 2.45) is 11.7 Å². The molecule has 3 N–H and O–H groups in total. The zero-order valence-corrected chi connectivity index (χ0v) is 9.00. The first-order valence-corrected chi connectivity index (χ1v) is 5.72. The van der Waals surface area contributed by atoms with E-state index in [1.807, 2.05) is 0 Å². The van der Waals surface area contributed by atoms with Crippen LogP contribution in [0.2, 0.25) is 0 Å². The topological polar surface area (TPSA) is 72.0 Å². The smallest absolute Gasteiger partial charge is 0.145 e. The lowest BCUT2D eigenvalue weighted by Gasteiger charge is -2.31. The number of hydrogen-bond donors (Lipinski definition) is 2. The molecule has 0 amide bonds. The van der Waals surface area contributed by atoms with Gasteiger partial charge in [0.1, 0.15) is 16.1 Å². The van der Waals surface area contributed by atoms with E-state index in [4.69, 9.17) is 5.73 Å². The third kappa shape index (κ3) is 2.10. The van der Waals surface area contributed by atoms with E-state index in [1.54, 1.807) is 6.92 Å². The molecule has 1 saturated carbocycles. The van der Waals surface area contributed by atoms with Gasteiger partial charge in [0.15, 0.2) is 0 Å². The minimum atomic E-state index is -0.495. The Hall–Kier alpha value is -0.520. The molecule has 0 saturated heterocycles. The molecular formula is C9H15N3OS. The van der Waals surface area contributed by atoms with Crippen LogP contribution in [-0.2, 0) is 6.42 Å². The predicted octanol–water partition coefficient (Wildman–Crippen LogP) is 0.871. The van der Waals surface area contributed by atoms with Gasteiger partial charge in [0, 0.05) is 12.5 Å². The Kier molecular flexibility index (Phi) is 2.80. The maximum absolute atomic E-state index is 9.27. The number of aliphatic hydroxyl groups excluding tert-OH is 1. The van der Waals surface area contributed by atoms with Gasteiger partial charge in [-0.25, -0.2) is 0 Å². The van der Waals surface area contributed by atoms with Gasteiger partial charge in [-0.1, -0.05) is 11.3 Å². The second kappa shape index (κ2) is 3.92. The minimum absolute atomic E-state index is 0.393. The average molecular weight is 213 g/mol. The summed E-state index contributed by atoms with van der Waals surface area (Å²) in [7, 11) is 0. The van der Waals surface area contributed by atoms with Crippen LogP contribution >= 0.6 is 11.3 Å². The molecule has 1 aromatic rings. The SMILES string of the molecule is C[C@H](O)c1nnc(CC2CC(N)C2)s1. The Morgan fingerprint density at radius 3 is 2.79 bits per heavy atom. The summed E-state index contributed by atoms with van der Waals surface area (Å²) in [6, 6.07) is 0.393. The van der Waals surface area contributed by atoms with Crippen LogP contribution in [0.4, 0.5) is 0 Å². The second-order valence-corrected chi connectivity index (χ2v) is 5.11. The quantitative estimate of drug-likeness (QED) is 0.781. The van der Waals surface area contributed by atoms with Crippen molar-refractivity contribution in [3.05, 3.63) is 10.0 Å². The number of nitrogens with zero attached hydrogens (tertiary/aromatic N) is 2. The first-order chi connectivity index (χ1) is 6.65. The van der Waals surface area contributed by atoms with Crippen molar-refractivity contribution in [3.63, 3.8) is 0 Å². The molecule has 2 rings (SSSR count). The number of nitrogens with two attached hydrogens (primary N) is 1. The molecule has 78 valence electrons. The fourth-order valence-electron chi connectivity index (χ4n) is 1.72. The van der Waals surface area contributed by atoms with Crippen molar-refractivity contribution in [1.82, 2.24) is 10.2 Å². The molecule has 1 aliphatic rings. The molecule has 0 aliphatic heterocycles. The average Bonchev–Trinajstić information content (AvgIpc) is 2.50.